The summed E-state index contributed by atoms with van der Waals surface area (Å²) in [7, 11) is 1.92. The van der Waals surface area contributed by atoms with Gasteiger partial charge in [-0.1, -0.05) is 0 Å². The summed E-state index contributed by atoms with van der Waals surface area (Å²) in [5, 5.41) is 14.8. The highest BCUT2D eigenvalue weighted by Crippen LogP contribution is 2.33. The Morgan fingerprint density at radius 1 is 1.29 bits per heavy atom. The Kier molecular flexibility index (Phi) is 9.54. The topological polar surface area (TPSA) is 106 Å². The SMILES string of the molecule is CCNC(=NCc1nnc(C)n1C)NCC1C(C)OC(C)(C)N1C(=O)OC(C)(C)C.I. The Morgan fingerprint density at radius 3 is 2.45 bits per heavy atom. The molecule has 0 aromatic carbocycles. The lowest BCUT2D eigenvalue weighted by molar-refractivity contribution is -0.0755. The first kappa shape index (κ1) is 27.4. The van der Waals surface area contributed by atoms with Crippen LogP contribution >= 0.6 is 24.0 Å². The van der Waals surface area contributed by atoms with E-state index in [9.17, 15) is 4.79 Å². The number of hydrogen-bond acceptors (Lipinski definition) is 6. The average molecular weight is 551 g/mol. The standard InChI is InChI=1S/C20H37N7O3.HI/c1-10-21-17(23-12-16-25-24-14(3)26(16)9)22-11-15-13(2)29-20(7,8)27(15)18(28)30-19(4,5)6;/h13,15H,10-12H2,1-9H3,(H2,21,22,23);1H. The second kappa shape index (κ2) is 10.8. The van der Waals surface area contributed by atoms with Crippen LogP contribution in [-0.2, 0) is 23.1 Å². The molecule has 0 aliphatic carbocycles. The van der Waals surface area contributed by atoms with Crippen LogP contribution in [0.2, 0.25) is 0 Å². The number of guanidine groups is 1. The highest BCUT2D eigenvalue weighted by atomic mass is 127. The maximum Gasteiger partial charge on any atom is 0.412 e. The number of rotatable bonds is 5. The number of aryl methyl sites for hydroxylation is 1. The van der Waals surface area contributed by atoms with Crippen molar-refractivity contribution in [2.75, 3.05) is 13.1 Å². The van der Waals surface area contributed by atoms with Crippen LogP contribution in [0.5, 0.6) is 0 Å². The molecule has 0 spiro atoms. The van der Waals surface area contributed by atoms with Crippen LogP contribution in [0.15, 0.2) is 4.99 Å². The van der Waals surface area contributed by atoms with Crippen LogP contribution in [0.25, 0.3) is 0 Å². The van der Waals surface area contributed by atoms with Gasteiger partial charge in [-0.3, -0.25) is 4.90 Å². The summed E-state index contributed by atoms with van der Waals surface area (Å²) in [6.07, 6.45) is -0.551. The average Bonchev–Trinajstić information content (AvgIpc) is 3.04. The zero-order valence-electron chi connectivity index (χ0n) is 20.1. The molecule has 1 aliphatic rings. The molecule has 1 fully saturated rings. The quantitative estimate of drug-likeness (QED) is 0.329. The van der Waals surface area contributed by atoms with Gasteiger partial charge in [0.25, 0.3) is 0 Å². The third-order valence-corrected chi connectivity index (χ3v) is 4.90. The van der Waals surface area contributed by atoms with Crippen molar-refractivity contribution in [2.45, 2.75) is 85.4 Å². The van der Waals surface area contributed by atoms with Gasteiger partial charge in [0.15, 0.2) is 11.8 Å². The van der Waals surface area contributed by atoms with Gasteiger partial charge in [0.05, 0.1) is 12.1 Å². The van der Waals surface area contributed by atoms with Gasteiger partial charge in [0.1, 0.15) is 23.7 Å². The van der Waals surface area contributed by atoms with Gasteiger partial charge in [-0.2, -0.15) is 0 Å². The van der Waals surface area contributed by atoms with E-state index in [1.165, 1.54) is 0 Å². The number of halogens is 1. The molecule has 10 nitrogen and oxygen atoms in total. The van der Waals surface area contributed by atoms with Gasteiger partial charge in [-0.15, -0.1) is 34.2 Å². The van der Waals surface area contributed by atoms with Crippen molar-refractivity contribution >= 4 is 36.0 Å². The maximum absolute atomic E-state index is 12.9. The van der Waals surface area contributed by atoms with Crippen molar-refractivity contribution in [1.29, 1.82) is 0 Å². The Balaban J connectivity index is 0.00000480. The van der Waals surface area contributed by atoms with E-state index >= 15 is 0 Å². The van der Waals surface area contributed by atoms with Gasteiger partial charge in [0, 0.05) is 20.1 Å². The lowest BCUT2D eigenvalue weighted by atomic mass is 10.1. The van der Waals surface area contributed by atoms with Crippen molar-refractivity contribution in [1.82, 2.24) is 30.3 Å². The van der Waals surface area contributed by atoms with Gasteiger partial charge >= 0.3 is 6.09 Å². The number of aliphatic imine (C=N–C) groups is 1. The van der Waals surface area contributed by atoms with Crippen LogP contribution < -0.4 is 10.6 Å². The molecule has 2 N–H and O–H groups in total. The second-order valence-electron chi connectivity index (χ2n) is 8.99. The molecule has 2 rings (SSSR count). The summed E-state index contributed by atoms with van der Waals surface area (Å²) in [6.45, 7) is 16.8. The molecule has 0 bridgehead atoms. The number of ether oxygens (including phenoxy) is 2. The largest absolute Gasteiger partial charge is 0.444 e. The lowest BCUT2D eigenvalue weighted by Crippen LogP contribution is -2.54. The van der Waals surface area contributed by atoms with E-state index in [1.54, 1.807) is 4.90 Å². The third kappa shape index (κ3) is 7.19. The highest BCUT2D eigenvalue weighted by Gasteiger charge is 2.49. The predicted molar refractivity (Wildman–Crippen MR) is 130 cm³/mol. The number of carbonyl (C=O) groups is 1. The van der Waals surface area contributed by atoms with E-state index in [1.807, 2.05) is 67.0 Å². The Morgan fingerprint density at radius 2 is 1.94 bits per heavy atom. The molecule has 1 aromatic heterocycles. The predicted octanol–water partition coefficient (Wildman–Crippen LogP) is 2.56. The number of hydrogen-bond donors (Lipinski definition) is 2. The van der Waals surface area contributed by atoms with E-state index in [2.05, 4.69) is 25.8 Å². The molecule has 2 heterocycles. The van der Waals surface area contributed by atoms with Gasteiger partial charge in [-0.25, -0.2) is 9.79 Å². The minimum Gasteiger partial charge on any atom is -0.444 e. The molecule has 0 radical (unpaired) electrons. The molecule has 1 saturated heterocycles. The van der Waals surface area contributed by atoms with Crippen LogP contribution in [0.3, 0.4) is 0 Å². The lowest BCUT2D eigenvalue weighted by Gasteiger charge is -2.35. The third-order valence-electron chi connectivity index (χ3n) is 4.90. The van der Waals surface area contributed by atoms with Crippen LogP contribution in [0.1, 0.15) is 60.1 Å². The van der Waals surface area contributed by atoms with Crippen molar-refractivity contribution < 1.29 is 14.3 Å². The van der Waals surface area contributed by atoms with Gasteiger partial charge < -0.3 is 24.7 Å². The number of aromatic nitrogens is 3. The number of nitrogens with zero attached hydrogens (tertiary/aromatic N) is 5. The zero-order valence-corrected chi connectivity index (χ0v) is 22.5. The van der Waals surface area contributed by atoms with Gasteiger partial charge in [-0.05, 0) is 55.4 Å². The van der Waals surface area contributed by atoms with E-state index in [0.717, 1.165) is 11.6 Å². The normalized spacial score (nSPS) is 20.9. The minimum atomic E-state index is -0.764. The highest BCUT2D eigenvalue weighted by molar-refractivity contribution is 14.0. The van der Waals surface area contributed by atoms with E-state index in [-0.39, 0.29) is 42.2 Å². The summed E-state index contributed by atoms with van der Waals surface area (Å²) in [5.41, 5.74) is -1.35. The summed E-state index contributed by atoms with van der Waals surface area (Å²) < 4.78 is 13.6. The summed E-state index contributed by atoms with van der Waals surface area (Å²) in [4.78, 5) is 19.2. The Bertz CT molecular complexity index is 773. The smallest absolute Gasteiger partial charge is 0.412 e. The Labute approximate surface area is 202 Å². The monoisotopic (exact) mass is 551 g/mol. The zero-order chi connectivity index (χ0) is 22.7. The van der Waals surface area contributed by atoms with Gasteiger partial charge in [0.2, 0.25) is 0 Å². The summed E-state index contributed by atoms with van der Waals surface area (Å²) >= 11 is 0. The van der Waals surface area contributed by atoms with Crippen molar-refractivity contribution in [3.05, 3.63) is 11.6 Å². The van der Waals surface area contributed by atoms with Crippen LogP contribution in [-0.4, -0.2) is 68.3 Å². The molecular weight excluding hydrogens is 513 g/mol. The van der Waals surface area contributed by atoms with E-state index in [0.29, 0.717) is 25.6 Å². The van der Waals surface area contributed by atoms with Crippen LogP contribution in [0, 0.1) is 6.92 Å². The minimum absolute atomic E-state index is 0. The molecule has 31 heavy (non-hydrogen) atoms. The molecule has 0 saturated carbocycles. The fourth-order valence-corrected chi connectivity index (χ4v) is 3.40. The first-order valence-electron chi connectivity index (χ1n) is 10.4. The molecule has 1 aliphatic heterocycles. The molecule has 1 amide bonds. The molecular formula is C20H38IN7O3. The molecule has 11 heteroatoms. The van der Waals surface area contributed by atoms with E-state index < -0.39 is 11.3 Å². The Hall–Kier alpha value is -1.63. The number of nitrogens with one attached hydrogen (secondary N) is 2. The fraction of sp³-hybridized carbons (Fsp3) is 0.800. The molecule has 2 atom stereocenters. The molecule has 2 unspecified atom stereocenters. The molecule has 1 aromatic rings. The summed E-state index contributed by atoms with van der Waals surface area (Å²) in [6, 6.07) is -0.212. The fourth-order valence-electron chi connectivity index (χ4n) is 3.40. The first-order valence-corrected chi connectivity index (χ1v) is 10.4. The molecule has 178 valence electrons. The number of carbonyl (C=O) groups excluding carboxylic acids is 1. The number of amides is 1. The second-order valence-corrected chi connectivity index (χ2v) is 8.99. The maximum atomic E-state index is 12.9. The first-order chi connectivity index (χ1) is 13.9. The summed E-state index contributed by atoms with van der Waals surface area (Å²) in [5.74, 6) is 2.25. The van der Waals surface area contributed by atoms with Crippen molar-refractivity contribution in [2.24, 2.45) is 12.0 Å². The van der Waals surface area contributed by atoms with Crippen molar-refractivity contribution in [3.8, 4) is 0 Å². The van der Waals surface area contributed by atoms with Crippen molar-refractivity contribution in [3.63, 3.8) is 0 Å². The van der Waals surface area contributed by atoms with Crippen LogP contribution in [0.4, 0.5) is 4.79 Å². The van der Waals surface area contributed by atoms with E-state index in [4.69, 9.17) is 9.47 Å².